The molecule has 6 nitrogen and oxygen atoms in total. The van der Waals surface area contributed by atoms with Crippen LogP contribution in [0.2, 0.25) is 5.02 Å². The van der Waals surface area contributed by atoms with E-state index >= 15 is 0 Å². The van der Waals surface area contributed by atoms with E-state index in [-0.39, 0.29) is 24.1 Å². The third-order valence-corrected chi connectivity index (χ3v) is 6.19. The lowest BCUT2D eigenvalue weighted by atomic mass is 10.0. The number of fused-ring (bicyclic) bond motifs is 1. The van der Waals surface area contributed by atoms with Crippen molar-refractivity contribution in [3.8, 4) is 5.88 Å². The summed E-state index contributed by atoms with van der Waals surface area (Å²) in [6.45, 7) is 7.68. The van der Waals surface area contributed by atoms with Crippen molar-refractivity contribution in [1.29, 1.82) is 0 Å². The quantitative estimate of drug-likeness (QED) is 0.716. The van der Waals surface area contributed by atoms with Crippen LogP contribution in [0.25, 0.3) is 4.96 Å². The number of thiazole rings is 1. The summed E-state index contributed by atoms with van der Waals surface area (Å²) in [5.74, 6) is 0.795. The first-order chi connectivity index (χ1) is 12.4. The summed E-state index contributed by atoms with van der Waals surface area (Å²) in [4.78, 5) is 7.26. The summed E-state index contributed by atoms with van der Waals surface area (Å²) in [6, 6.07) is 7.75. The lowest BCUT2D eigenvalue weighted by Crippen LogP contribution is -3.15. The molecule has 0 saturated carbocycles. The van der Waals surface area contributed by atoms with E-state index in [1.165, 1.54) is 20.8 Å². The SMILES string of the molecule is Cc1nc2sc([C@@H](c3ccccc3Cl)[NH+]3C[C@@H](C)O[C@@H](C)C3)c(O)n2n1. The number of benzene rings is 1. The molecule has 0 spiro atoms. The van der Waals surface area contributed by atoms with Crippen molar-refractivity contribution in [2.75, 3.05) is 13.1 Å². The number of aromatic hydroxyl groups is 1. The highest BCUT2D eigenvalue weighted by atomic mass is 35.5. The molecule has 2 aromatic heterocycles. The first kappa shape index (κ1) is 17.7. The van der Waals surface area contributed by atoms with E-state index in [0.29, 0.717) is 15.8 Å². The maximum atomic E-state index is 10.9. The van der Waals surface area contributed by atoms with Crippen molar-refractivity contribution in [2.45, 2.75) is 39.0 Å². The molecule has 0 bridgehead atoms. The molecule has 8 heteroatoms. The molecule has 0 aliphatic carbocycles. The Labute approximate surface area is 161 Å². The zero-order chi connectivity index (χ0) is 18.4. The largest absolute Gasteiger partial charge is 0.492 e. The fourth-order valence-electron chi connectivity index (χ4n) is 3.84. The first-order valence-electron chi connectivity index (χ1n) is 8.73. The van der Waals surface area contributed by atoms with Crippen LogP contribution < -0.4 is 4.90 Å². The number of aryl methyl sites for hydroxylation is 1. The number of morpholine rings is 1. The van der Waals surface area contributed by atoms with E-state index in [1.807, 2.05) is 31.2 Å². The van der Waals surface area contributed by atoms with Crippen LogP contribution in [0.1, 0.15) is 36.2 Å². The Kier molecular flexibility index (Phi) is 4.64. The first-order valence-corrected chi connectivity index (χ1v) is 9.93. The third-order valence-electron chi connectivity index (χ3n) is 4.76. The molecule has 1 fully saturated rings. The van der Waals surface area contributed by atoms with E-state index in [0.717, 1.165) is 23.5 Å². The van der Waals surface area contributed by atoms with Crippen molar-refractivity contribution in [2.24, 2.45) is 0 Å². The number of ether oxygens (including phenoxy) is 1. The predicted molar refractivity (Wildman–Crippen MR) is 101 cm³/mol. The Morgan fingerprint density at radius 3 is 2.65 bits per heavy atom. The molecular formula is C18H22ClN4O2S+. The van der Waals surface area contributed by atoms with E-state index in [9.17, 15) is 5.11 Å². The average molecular weight is 394 g/mol. The fraction of sp³-hybridized carbons (Fsp3) is 0.444. The minimum Gasteiger partial charge on any atom is -0.492 e. The zero-order valence-electron chi connectivity index (χ0n) is 14.9. The Hall–Kier alpha value is -1.67. The van der Waals surface area contributed by atoms with Crippen LogP contribution in [0.5, 0.6) is 5.88 Å². The fourth-order valence-corrected chi connectivity index (χ4v) is 5.26. The van der Waals surface area contributed by atoms with Crippen molar-refractivity contribution >= 4 is 27.9 Å². The molecule has 2 N–H and O–H groups in total. The number of nitrogens with one attached hydrogen (secondary N) is 1. The number of nitrogens with zero attached hydrogens (tertiary/aromatic N) is 3. The molecular weight excluding hydrogens is 372 g/mol. The number of aromatic nitrogens is 3. The number of hydrogen-bond donors (Lipinski definition) is 2. The van der Waals surface area contributed by atoms with Gasteiger partial charge in [0.25, 0.3) is 0 Å². The van der Waals surface area contributed by atoms with E-state index in [4.69, 9.17) is 16.3 Å². The maximum absolute atomic E-state index is 10.9. The lowest BCUT2D eigenvalue weighted by molar-refractivity contribution is -0.939. The Morgan fingerprint density at radius 2 is 2.00 bits per heavy atom. The van der Waals surface area contributed by atoms with E-state index < -0.39 is 0 Å². The second-order valence-corrected chi connectivity index (χ2v) is 8.34. The van der Waals surface area contributed by atoms with Gasteiger partial charge in [0.15, 0.2) is 6.04 Å². The normalized spacial score (nSPS) is 24.8. The van der Waals surface area contributed by atoms with Gasteiger partial charge in [-0.2, -0.15) is 4.52 Å². The monoisotopic (exact) mass is 393 g/mol. The van der Waals surface area contributed by atoms with Crippen LogP contribution in [0, 0.1) is 6.92 Å². The highest BCUT2D eigenvalue weighted by Crippen LogP contribution is 2.37. The van der Waals surface area contributed by atoms with Gasteiger partial charge in [-0.05, 0) is 26.8 Å². The molecule has 3 heterocycles. The van der Waals surface area contributed by atoms with Gasteiger partial charge in [-0.25, -0.2) is 4.98 Å². The van der Waals surface area contributed by atoms with Gasteiger partial charge in [-0.15, -0.1) is 5.10 Å². The third kappa shape index (κ3) is 3.09. The summed E-state index contributed by atoms with van der Waals surface area (Å²) in [5, 5.41) is 15.9. The van der Waals surface area contributed by atoms with Gasteiger partial charge in [-0.3, -0.25) is 0 Å². The van der Waals surface area contributed by atoms with Crippen LogP contribution in [0.4, 0.5) is 0 Å². The number of hydrogen-bond acceptors (Lipinski definition) is 5. The van der Waals surface area contributed by atoms with Gasteiger partial charge in [0.05, 0.1) is 5.02 Å². The summed E-state index contributed by atoms with van der Waals surface area (Å²) < 4.78 is 7.44. The highest BCUT2D eigenvalue weighted by molar-refractivity contribution is 7.17. The molecule has 138 valence electrons. The zero-order valence-corrected chi connectivity index (χ0v) is 16.5. The molecule has 0 radical (unpaired) electrons. The maximum Gasteiger partial charge on any atom is 0.235 e. The van der Waals surface area contributed by atoms with Crippen LogP contribution >= 0.6 is 22.9 Å². The molecule has 26 heavy (non-hydrogen) atoms. The number of rotatable bonds is 3. The molecule has 3 aromatic rings. The van der Waals surface area contributed by atoms with Gasteiger partial charge in [0.2, 0.25) is 10.8 Å². The van der Waals surface area contributed by atoms with Crippen LogP contribution in [0.3, 0.4) is 0 Å². The molecule has 1 unspecified atom stereocenters. The van der Waals surface area contributed by atoms with Gasteiger partial charge < -0.3 is 14.7 Å². The lowest BCUT2D eigenvalue weighted by Gasteiger charge is -2.37. The summed E-state index contributed by atoms with van der Waals surface area (Å²) >= 11 is 8.02. The van der Waals surface area contributed by atoms with Crippen LogP contribution in [0.15, 0.2) is 24.3 Å². The van der Waals surface area contributed by atoms with Crippen LogP contribution in [-0.4, -0.2) is 45.0 Å². The van der Waals surface area contributed by atoms with E-state index in [2.05, 4.69) is 23.9 Å². The Balaban J connectivity index is 1.85. The highest BCUT2D eigenvalue weighted by Gasteiger charge is 2.38. The van der Waals surface area contributed by atoms with E-state index in [1.54, 1.807) is 0 Å². The molecule has 4 atom stereocenters. The van der Waals surface area contributed by atoms with Gasteiger partial charge in [-0.1, -0.05) is 41.1 Å². The van der Waals surface area contributed by atoms with Crippen LogP contribution in [-0.2, 0) is 4.74 Å². The molecule has 4 rings (SSSR count). The Morgan fingerprint density at radius 1 is 1.31 bits per heavy atom. The molecule has 0 amide bonds. The van der Waals surface area contributed by atoms with Gasteiger partial charge in [0, 0.05) is 5.56 Å². The topological polar surface area (TPSA) is 64.1 Å². The predicted octanol–water partition coefficient (Wildman–Crippen LogP) is 2.24. The van der Waals surface area contributed by atoms with Crippen molar-refractivity contribution < 1.29 is 14.7 Å². The number of halogens is 1. The summed E-state index contributed by atoms with van der Waals surface area (Å²) in [5.41, 5.74) is 1.00. The second kappa shape index (κ2) is 6.81. The summed E-state index contributed by atoms with van der Waals surface area (Å²) in [7, 11) is 0. The average Bonchev–Trinajstić information content (AvgIpc) is 3.07. The Bertz CT molecular complexity index is 931. The number of quaternary nitrogens is 1. The molecule has 1 saturated heterocycles. The van der Waals surface area contributed by atoms with Gasteiger partial charge in [0.1, 0.15) is 36.0 Å². The summed E-state index contributed by atoms with van der Waals surface area (Å²) in [6.07, 6.45) is 0.288. The second-order valence-electron chi connectivity index (χ2n) is 6.92. The smallest absolute Gasteiger partial charge is 0.235 e. The minimum atomic E-state index is -0.0914. The standard InChI is InChI=1S/C18H21ClN4O2S/c1-10-8-22(9-11(2)25-10)15(13-6-4-5-7-14(13)19)16-17(24)23-18(26-16)20-12(3)21-23/h4-7,10-11,15,24H,8-9H2,1-3H3/p+1/t10-,11+,15-/m1/s1. The van der Waals surface area contributed by atoms with Gasteiger partial charge >= 0.3 is 0 Å². The molecule has 1 aromatic carbocycles. The minimum absolute atomic E-state index is 0.0914. The van der Waals surface area contributed by atoms with Crippen molar-refractivity contribution in [1.82, 2.24) is 14.6 Å². The van der Waals surface area contributed by atoms with Crippen molar-refractivity contribution in [3.05, 3.63) is 45.6 Å². The van der Waals surface area contributed by atoms with Crippen molar-refractivity contribution in [3.63, 3.8) is 0 Å². The molecule has 1 aliphatic heterocycles. The molecule has 1 aliphatic rings.